The van der Waals surface area contributed by atoms with Crippen molar-refractivity contribution in [3.05, 3.63) is 41.1 Å². The molecular formula is C14H13ClN2O3S. The maximum absolute atomic E-state index is 12.0. The molecule has 110 valence electrons. The van der Waals surface area contributed by atoms with E-state index in [9.17, 15) is 9.00 Å². The second-order valence-electron chi connectivity index (χ2n) is 4.86. The first kappa shape index (κ1) is 14.3. The van der Waals surface area contributed by atoms with E-state index in [4.69, 9.17) is 16.1 Å². The van der Waals surface area contributed by atoms with Gasteiger partial charge in [-0.2, -0.15) is 0 Å². The highest BCUT2D eigenvalue weighted by Gasteiger charge is 2.24. The Morgan fingerprint density at radius 1 is 1.43 bits per heavy atom. The van der Waals surface area contributed by atoms with E-state index < -0.39 is 10.8 Å². The number of aromatic nitrogens is 1. The van der Waals surface area contributed by atoms with E-state index in [1.807, 2.05) is 6.07 Å². The molecule has 1 N–H and O–H groups in total. The number of nitrogens with one attached hydrogen (secondary N) is 1. The monoisotopic (exact) mass is 324 g/mol. The average Bonchev–Trinajstić information content (AvgIpc) is 3.08. The number of rotatable bonds is 3. The molecule has 1 aromatic carbocycles. The van der Waals surface area contributed by atoms with Crippen LogP contribution in [0.15, 0.2) is 34.9 Å². The first-order valence-electron chi connectivity index (χ1n) is 6.50. The lowest BCUT2D eigenvalue weighted by molar-refractivity contribution is 0.0904. The molecule has 1 fully saturated rings. The van der Waals surface area contributed by atoms with E-state index >= 15 is 0 Å². The van der Waals surface area contributed by atoms with Crippen LogP contribution in [0.2, 0.25) is 5.02 Å². The molecule has 1 aliphatic heterocycles. The highest BCUT2D eigenvalue weighted by molar-refractivity contribution is 7.85. The van der Waals surface area contributed by atoms with Gasteiger partial charge in [0.1, 0.15) is 5.69 Å². The van der Waals surface area contributed by atoms with Crippen molar-refractivity contribution in [3.8, 4) is 11.3 Å². The van der Waals surface area contributed by atoms with Crippen LogP contribution in [0.4, 0.5) is 0 Å². The molecule has 1 aliphatic rings. The number of nitrogens with zero attached hydrogens (tertiary/aromatic N) is 1. The largest absolute Gasteiger partial charge is 0.350 e. The fourth-order valence-electron chi connectivity index (χ4n) is 2.20. The molecule has 1 aromatic heterocycles. The van der Waals surface area contributed by atoms with Crippen LogP contribution in [0.5, 0.6) is 0 Å². The lowest BCUT2D eigenvalue weighted by atomic mass is 10.1. The van der Waals surface area contributed by atoms with Crippen molar-refractivity contribution in [1.82, 2.24) is 10.5 Å². The molecule has 0 aliphatic carbocycles. The van der Waals surface area contributed by atoms with E-state index in [-0.39, 0.29) is 17.7 Å². The lowest BCUT2D eigenvalue weighted by Gasteiger charge is -2.08. The molecule has 1 saturated heterocycles. The van der Waals surface area contributed by atoms with Crippen LogP contribution in [0.25, 0.3) is 11.3 Å². The van der Waals surface area contributed by atoms with Gasteiger partial charge in [0.15, 0.2) is 0 Å². The Morgan fingerprint density at radius 3 is 3.00 bits per heavy atom. The maximum atomic E-state index is 12.0. The summed E-state index contributed by atoms with van der Waals surface area (Å²) in [6.07, 6.45) is 0.730. The summed E-state index contributed by atoms with van der Waals surface area (Å²) in [6, 6.07) is 8.68. The zero-order chi connectivity index (χ0) is 14.8. The van der Waals surface area contributed by atoms with Gasteiger partial charge >= 0.3 is 0 Å². The molecule has 1 amide bonds. The molecule has 2 atom stereocenters. The molecule has 21 heavy (non-hydrogen) atoms. The van der Waals surface area contributed by atoms with Crippen LogP contribution < -0.4 is 5.32 Å². The number of carbonyl (C=O) groups is 1. The summed E-state index contributed by atoms with van der Waals surface area (Å²) >= 11 is 5.92. The van der Waals surface area contributed by atoms with Gasteiger partial charge in [-0.25, -0.2) is 0 Å². The predicted molar refractivity (Wildman–Crippen MR) is 80.7 cm³/mol. The van der Waals surface area contributed by atoms with Gasteiger partial charge in [0, 0.05) is 45.0 Å². The van der Waals surface area contributed by atoms with Crippen LogP contribution >= 0.6 is 11.6 Å². The highest BCUT2D eigenvalue weighted by atomic mass is 35.5. The minimum atomic E-state index is -0.828. The second kappa shape index (κ2) is 5.99. The van der Waals surface area contributed by atoms with Crippen LogP contribution in [0.1, 0.15) is 17.0 Å². The first-order valence-corrected chi connectivity index (χ1v) is 8.37. The molecule has 0 bridgehead atoms. The molecule has 0 radical (unpaired) electrons. The van der Waals surface area contributed by atoms with E-state index in [1.54, 1.807) is 24.3 Å². The van der Waals surface area contributed by atoms with Crippen LogP contribution in [0, 0.1) is 0 Å². The number of amides is 1. The Morgan fingerprint density at radius 2 is 2.29 bits per heavy atom. The van der Waals surface area contributed by atoms with Crippen LogP contribution in [0.3, 0.4) is 0 Å². The molecule has 3 rings (SSSR count). The summed E-state index contributed by atoms with van der Waals surface area (Å²) in [5, 5.41) is 7.29. The second-order valence-corrected chi connectivity index (χ2v) is 6.91. The van der Waals surface area contributed by atoms with E-state index in [2.05, 4.69) is 10.5 Å². The van der Waals surface area contributed by atoms with Crippen molar-refractivity contribution in [2.45, 2.75) is 12.5 Å². The highest BCUT2D eigenvalue weighted by Crippen LogP contribution is 2.22. The summed E-state index contributed by atoms with van der Waals surface area (Å²) < 4.78 is 16.4. The van der Waals surface area contributed by atoms with Gasteiger partial charge < -0.3 is 9.84 Å². The van der Waals surface area contributed by atoms with Crippen molar-refractivity contribution in [1.29, 1.82) is 0 Å². The minimum absolute atomic E-state index is 0.0574. The van der Waals surface area contributed by atoms with Crippen LogP contribution in [-0.2, 0) is 10.8 Å². The SMILES string of the molecule is O=C(N[C@@H]1CC[S@@](=O)C1)c1cc(-c2cccc(Cl)c2)no1. The van der Waals surface area contributed by atoms with E-state index in [1.165, 1.54) is 0 Å². The summed E-state index contributed by atoms with van der Waals surface area (Å²) in [4.78, 5) is 12.0. The molecule has 2 heterocycles. The van der Waals surface area contributed by atoms with Crippen molar-refractivity contribution < 1.29 is 13.5 Å². The van der Waals surface area contributed by atoms with Crippen molar-refractivity contribution in [2.75, 3.05) is 11.5 Å². The third kappa shape index (κ3) is 3.33. The number of carbonyl (C=O) groups excluding carboxylic acids is 1. The van der Waals surface area contributed by atoms with Crippen LogP contribution in [-0.4, -0.2) is 32.8 Å². The fourth-order valence-corrected chi connectivity index (χ4v) is 3.80. The predicted octanol–water partition coefficient (Wildman–Crippen LogP) is 2.25. The fraction of sp³-hybridized carbons (Fsp3) is 0.286. The van der Waals surface area contributed by atoms with Crippen molar-refractivity contribution >= 4 is 28.3 Å². The summed E-state index contributed by atoms with van der Waals surface area (Å²) in [7, 11) is -0.828. The summed E-state index contributed by atoms with van der Waals surface area (Å²) in [5.41, 5.74) is 1.34. The molecule has 0 saturated carbocycles. The standard InChI is InChI=1S/C14H13ClN2O3S/c15-10-3-1-2-9(6-10)12-7-13(20-17-12)14(18)16-11-4-5-21(19)8-11/h1-3,6-7,11H,4-5,8H2,(H,16,18)/t11-,21-/m1/s1. The number of benzene rings is 1. The van der Waals surface area contributed by atoms with E-state index in [0.29, 0.717) is 22.2 Å². The zero-order valence-electron chi connectivity index (χ0n) is 11.0. The third-order valence-electron chi connectivity index (χ3n) is 3.27. The Labute approximate surface area is 129 Å². The number of hydrogen-bond acceptors (Lipinski definition) is 4. The third-order valence-corrected chi connectivity index (χ3v) is 4.97. The molecule has 2 aromatic rings. The van der Waals surface area contributed by atoms with Crippen molar-refractivity contribution in [3.63, 3.8) is 0 Å². The molecule has 0 unspecified atom stereocenters. The number of halogens is 1. The summed E-state index contributed by atoms with van der Waals surface area (Å²) in [6.45, 7) is 0. The van der Waals surface area contributed by atoms with Gasteiger partial charge in [-0.1, -0.05) is 28.9 Å². The molecule has 0 spiro atoms. The maximum Gasteiger partial charge on any atom is 0.290 e. The molecule has 5 nitrogen and oxygen atoms in total. The summed E-state index contributed by atoms with van der Waals surface area (Å²) in [5.74, 6) is 0.943. The normalized spacial score (nSPS) is 21.4. The first-order chi connectivity index (χ1) is 10.1. The molecule has 7 heteroatoms. The quantitative estimate of drug-likeness (QED) is 0.940. The Kier molecular flexibility index (Phi) is 4.07. The number of hydrogen-bond donors (Lipinski definition) is 1. The Balaban J connectivity index is 1.72. The Bertz CT molecular complexity index is 701. The topological polar surface area (TPSA) is 72.2 Å². The van der Waals surface area contributed by atoms with E-state index in [0.717, 1.165) is 12.0 Å². The van der Waals surface area contributed by atoms with Gasteiger partial charge in [-0.05, 0) is 18.6 Å². The van der Waals surface area contributed by atoms with Gasteiger partial charge in [-0.3, -0.25) is 9.00 Å². The zero-order valence-corrected chi connectivity index (χ0v) is 12.6. The minimum Gasteiger partial charge on any atom is -0.350 e. The smallest absolute Gasteiger partial charge is 0.290 e. The lowest BCUT2D eigenvalue weighted by Crippen LogP contribution is -2.34. The van der Waals surface area contributed by atoms with Gasteiger partial charge in [-0.15, -0.1) is 0 Å². The Hall–Kier alpha value is -1.66. The van der Waals surface area contributed by atoms with Gasteiger partial charge in [0.05, 0.1) is 0 Å². The van der Waals surface area contributed by atoms with Gasteiger partial charge in [0.25, 0.3) is 5.91 Å². The van der Waals surface area contributed by atoms with Gasteiger partial charge in [0.2, 0.25) is 5.76 Å². The van der Waals surface area contributed by atoms with Crippen molar-refractivity contribution in [2.24, 2.45) is 0 Å². The average molecular weight is 325 g/mol. The molecular weight excluding hydrogens is 312 g/mol.